The number of nitrogens with one attached hydrogen (secondary N) is 1. The summed E-state index contributed by atoms with van der Waals surface area (Å²) in [5.74, 6) is 0.679. The van der Waals surface area contributed by atoms with Gasteiger partial charge in [-0.05, 0) is 11.6 Å². The van der Waals surface area contributed by atoms with Crippen LogP contribution in [0.15, 0.2) is 34.1 Å². The maximum atomic E-state index is 10.9. The average molecular weight is 281 g/mol. The van der Waals surface area contributed by atoms with Gasteiger partial charge in [0.1, 0.15) is 10.0 Å². The molecule has 0 aliphatic rings. The summed E-state index contributed by atoms with van der Waals surface area (Å²) in [6, 6.07) is 5.22. The molecule has 18 heavy (non-hydrogen) atoms. The van der Waals surface area contributed by atoms with Gasteiger partial charge < -0.3 is 5.32 Å². The Bertz CT molecular complexity index is 543. The molecular weight excluding hydrogens is 270 g/mol. The topological polar surface area (TPSA) is 68.1 Å². The van der Waals surface area contributed by atoms with E-state index in [1.807, 2.05) is 11.4 Å². The molecule has 0 aliphatic heterocycles. The molecule has 94 valence electrons. The second-order valence-electron chi connectivity index (χ2n) is 3.45. The Balaban J connectivity index is 2.14. The highest BCUT2D eigenvalue weighted by atomic mass is 32.2. The van der Waals surface area contributed by atoms with Crippen LogP contribution in [0.3, 0.4) is 0 Å². The molecule has 1 N–H and O–H groups in total. The zero-order valence-electron chi connectivity index (χ0n) is 9.62. The quantitative estimate of drug-likeness (QED) is 0.517. The first-order valence-electron chi connectivity index (χ1n) is 5.18. The predicted molar refractivity (Wildman–Crippen MR) is 74.3 cm³/mol. The highest BCUT2D eigenvalue weighted by molar-refractivity contribution is 8.00. The first-order valence-corrected chi connectivity index (χ1v) is 7.04. The molecule has 1 aromatic carbocycles. The van der Waals surface area contributed by atoms with Crippen molar-refractivity contribution in [2.45, 2.75) is 10.1 Å². The number of hydrogen-bond donors (Lipinski definition) is 1. The van der Waals surface area contributed by atoms with Gasteiger partial charge in [0.15, 0.2) is 0 Å². The standard InChI is InChI=1S/C11H11N3O2S2/c1-12-9-3-2-8(6-10(9)14(15)16)7-18-11-13-4-5-17-11/h2-6,12H,7H2,1H3. The molecule has 7 heteroatoms. The van der Waals surface area contributed by atoms with Crippen LogP contribution >= 0.6 is 23.1 Å². The summed E-state index contributed by atoms with van der Waals surface area (Å²) in [6.07, 6.45) is 1.75. The maximum Gasteiger partial charge on any atom is 0.292 e. The predicted octanol–water partition coefficient (Wildman–Crippen LogP) is 3.39. The van der Waals surface area contributed by atoms with Crippen molar-refractivity contribution in [3.05, 3.63) is 45.5 Å². The number of thioether (sulfide) groups is 1. The molecule has 0 bridgehead atoms. The van der Waals surface area contributed by atoms with Gasteiger partial charge in [-0.3, -0.25) is 10.1 Å². The van der Waals surface area contributed by atoms with E-state index in [0.29, 0.717) is 11.4 Å². The number of aromatic nitrogens is 1. The molecule has 0 unspecified atom stereocenters. The number of hydrogen-bond acceptors (Lipinski definition) is 6. The molecule has 2 aromatic rings. The third-order valence-electron chi connectivity index (χ3n) is 2.30. The summed E-state index contributed by atoms with van der Waals surface area (Å²) in [5.41, 5.74) is 1.55. The highest BCUT2D eigenvalue weighted by Crippen LogP contribution is 2.29. The number of thiazole rings is 1. The van der Waals surface area contributed by atoms with Gasteiger partial charge >= 0.3 is 0 Å². The van der Waals surface area contributed by atoms with Crippen LogP contribution in [-0.4, -0.2) is 17.0 Å². The minimum Gasteiger partial charge on any atom is -0.383 e. The summed E-state index contributed by atoms with van der Waals surface area (Å²) in [7, 11) is 1.67. The van der Waals surface area contributed by atoms with Gasteiger partial charge in [-0.15, -0.1) is 11.3 Å². The lowest BCUT2D eigenvalue weighted by Crippen LogP contribution is -1.97. The number of benzene rings is 1. The monoisotopic (exact) mass is 281 g/mol. The fraction of sp³-hybridized carbons (Fsp3) is 0.182. The number of nitrogens with zero attached hydrogens (tertiary/aromatic N) is 2. The van der Waals surface area contributed by atoms with E-state index in [9.17, 15) is 10.1 Å². The number of nitro benzene ring substituents is 1. The first-order chi connectivity index (χ1) is 8.70. The third kappa shape index (κ3) is 2.99. The Labute approximate surface area is 112 Å². The van der Waals surface area contributed by atoms with E-state index < -0.39 is 0 Å². The summed E-state index contributed by atoms with van der Waals surface area (Å²) in [5, 5.41) is 15.6. The van der Waals surface area contributed by atoms with Crippen molar-refractivity contribution < 1.29 is 4.92 Å². The summed E-state index contributed by atoms with van der Waals surface area (Å²) in [4.78, 5) is 14.7. The molecule has 0 fully saturated rings. The van der Waals surface area contributed by atoms with E-state index >= 15 is 0 Å². The lowest BCUT2D eigenvalue weighted by molar-refractivity contribution is -0.384. The van der Waals surface area contributed by atoms with Crippen LogP contribution in [-0.2, 0) is 5.75 Å². The third-order valence-corrected chi connectivity index (χ3v) is 4.34. The van der Waals surface area contributed by atoms with Crippen molar-refractivity contribution in [1.29, 1.82) is 0 Å². The summed E-state index contributed by atoms with van der Waals surface area (Å²) >= 11 is 3.14. The maximum absolute atomic E-state index is 10.9. The van der Waals surface area contributed by atoms with E-state index in [1.165, 1.54) is 0 Å². The summed E-state index contributed by atoms with van der Waals surface area (Å²) in [6.45, 7) is 0. The first kappa shape index (κ1) is 12.8. The zero-order chi connectivity index (χ0) is 13.0. The molecule has 0 saturated carbocycles. The van der Waals surface area contributed by atoms with Crippen molar-refractivity contribution in [2.24, 2.45) is 0 Å². The molecule has 0 spiro atoms. The smallest absolute Gasteiger partial charge is 0.292 e. The molecule has 0 radical (unpaired) electrons. The second kappa shape index (κ2) is 5.83. The van der Waals surface area contributed by atoms with Crippen molar-refractivity contribution in [1.82, 2.24) is 4.98 Å². The van der Waals surface area contributed by atoms with Crippen molar-refractivity contribution in [2.75, 3.05) is 12.4 Å². The Hall–Kier alpha value is -1.60. The summed E-state index contributed by atoms with van der Waals surface area (Å²) < 4.78 is 0.968. The average Bonchev–Trinajstić information content (AvgIpc) is 2.89. The molecule has 0 amide bonds. The van der Waals surface area contributed by atoms with E-state index in [-0.39, 0.29) is 10.6 Å². The molecule has 0 saturated heterocycles. The van der Waals surface area contributed by atoms with Crippen LogP contribution in [0.25, 0.3) is 0 Å². The van der Waals surface area contributed by atoms with Crippen LogP contribution in [0, 0.1) is 10.1 Å². The van der Waals surface area contributed by atoms with Gasteiger partial charge in [0.25, 0.3) is 5.69 Å². The minimum absolute atomic E-state index is 0.106. The Morgan fingerprint density at radius 2 is 2.39 bits per heavy atom. The second-order valence-corrected chi connectivity index (χ2v) is 5.56. The van der Waals surface area contributed by atoms with Gasteiger partial charge in [-0.1, -0.05) is 17.8 Å². The number of anilines is 1. The van der Waals surface area contributed by atoms with Gasteiger partial charge in [0.2, 0.25) is 0 Å². The van der Waals surface area contributed by atoms with Crippen LogP contribution in [0.2, 0.25) is 0 Å². The van der Waals surface area contributed by atoms with Crippen LogP contribution in [0.4, 0.5) is 11.4 Å². The van der Waals surface area contributed by atoms with Gasteiger partial charge in [0, 0.05) is 30.4 Å². The van der Waals surface area contributed by atoms with Gasteiger partial charge in [0.05, 0.1) is 4.92 Å². The Morgan fingerprint density at radius 1 is 1.56 bits per heavy atom. The molecule has 0 aliphatic carbocycles. The van der Waals surface area contributed by atoms with Crippen LogP contribution < -0.4 is 5.32 Å². The molecule has 1 heterocycles. The van der Waals surface area contributed by atoms with Gasteiger partial charge in [-0.2, -0.15) is 0 Å². The molecule has 2 rings (SSSR count). The lowest BCUT2D eigenvalue weighted by Gasteiger charge is -2.04. The zero-order valence-corrected chi connectivity index (χ0v) is 11.3. The van der Waals surface area contributed by atoms with E-state index in [4.69, 9.17) is 0 Å². The fourth-order valence-corrected chi connectivity index (χ4v) is 3.04. The molecular formula is C11H11N3O2S2. The highest BCUT2D eigenvalue weighted by Gasteiger charge is 2.13. The van der Waals surface area contributed by atoms with Gasteiger partial charge in [-0.25, -0.2) is 4.98 Å². The van der Waals surface area contributed by atoms with Crippen molar-refractivity contribution in [3.8, 4) is 0 Å². The molecule has 0 atom stereocenters. The van der Waals surface area contributed by atoms with Crippen LogP contribution in [0.1, 0.15) is 5.56 Å². The Morgan fingerprint density at radius 3 is 3.00 bits per heavy atom. The normalized spacial score (nSPS) is 10.3. The number of rotatable bonds is 5. The van der Waals surface area contributed by atoms with Crippen LogP contribution in [0.5, 0.6) is 0 Å². The van der Waals surface area contributed by atoms with Crippen molar-refractivity contribution in [3.63, 3.8) is 0 Å². The molecule has 5 nitrogen and oxygen atoms in total. The van der Waals surface area contributed by atoms with E-state index in [2.05, 4.69) is 10.3 Å². The fourth-order valence-electron chi connectivity index (χ4n) is 1.46. The number of nitro groups is 1. The Kier molecular flexibility index (Phi) is 4.16. The lowest BCUT2D eigenvalue weighted by atomic mass is 10.2. The van der Waals surface area contributed by atoms with E-state index in [1.54, 1.807) is 48.5 Å². The van der Waals surface area contributed by atoms with Crippen molar-refractivity contribution >= 4 is 34.5 Å². The largest absolute Gasteiger partial charge is 0.383 e. The minimum atomic E-state index is -0.372. The van der Waals surface area contributed by atoms with E-state index in [0.717, 1.165) is 9.90 Å². The SMILES string of the molecule is CNc1ccc(CSc2nccs2)cc1[N+](=O)[O-]. The molecule has 1 aromatic heterocycles.